The number of nitrogens with zero attached hydrogens (tertiary/aromatic N) is 4. The minimum Gasteiger partial charge on any atom is -0.463 e. The topological polar surface area (TPSA) is 43.2 Å². The molecule has 0 spiro atoms. The third-order valence-electron chi connectivity index (χ3n) is 5.51. The van der Waals surface area contributed by atoms with Crippen molar-refractivity contribution in [3.05, 3.63) is 71.3 Å². The number of piperidine rings is 1. The van der Waals surface area contributed by atoms with Gasteiger partial charge in [0, 0.05) is 6.54 Å². The zero-order chi connectivity index (χ0) is 21.8. The second-order valence-electron chi connectivity index (χ2n) is 7.94. The van der Waals surface area contributed by atoms with Gasteiger partial charge in [0.1, 0.15) is 11.5 Å². The molecule has 4 rings (SSSR count). The van der Waals surface area contributed by atoms with Crippen molar-refractivity contribution in [3.8, 4) is 11.7 Å². The van der Waals surface area contributed by atoms with Gasteiger partial charge in [-0.1, -0.05) is 42.0 Å². The lowest BCUT2D eigenvalue weighted by Gasteiger charge is -2.31. The van der Waals surface area contributed by atoms with Gasteiger partial charge in [-0.3, -0.25) is 4.90 Å². The van der Waals surface area contributed by atoms with Crippen molar-refractivity contribution < 1.29 is 17.9 Å². The first-order valence-electron chi connectivity index (χ1n) is 10.4. The van der Waals surface area contributed by atoms with Crippen LogP contribution in [0.15, 0.2) is 48.5 Å². The van der Waals surface area contributed by atoms with Crippen molar-refractivity contribution in [1.29, 1.82) is 0 Å². The molecular formula is C23H25F3N4O. The molecule has 0 amide bonds. The molecule has 1 aromatic heterocycles. The Morgan fingerprint density at radius 3 is 2.58 bits per heavy atom. The number of halogens is 3. The van der Waals surface area contributed by atoms with Crippen LogP contribution in [0.4, 0.5) is 13.2 Å². The molecule has 0 N–H and O–H groups in total. The van der Waals surface area contributed by atoms with Gasteiger partial charge < -0.3 is 4.74 Å². The van der Waals surface area contributed by atoms with Crippen molar-refractivity contribution in [2.75, 3.05) is 19.7 Å². The minimum atomic E-state index is -2.86. The summed E-state index contributed by atoms with van der Waals surface area (Å²) < 4.78 is 47.2. The summed E-state index contributed by atoms with van der Waals surface area (Å²) in [5.74, 6) is -0.983. The molecule has 1 aliphatic rings. The first-order valence-corrected chi connectivity index (χ1v) is 10.4. The van der Waals surface area contributed by atoms with E-state index >= 15 is 0 Å². The van der Waals surface area contributed by atoms with Crippen LogP contribution in [0.1, 0.15) is 36.2 Å². The van der Waals surface area contributed by atoms with Gasteiger partial charge in [0.25, 0.3) is 6.43 Å². The SMILES string of the molecule is Cc1cccc(CN2CCC(COc3nc(C(F)F)nn3-c3ccccc3F)CC2)c1. The molecule has 2 heterocycles. The quantitative estimate of drug-likeness (QED) is 0.532. The molecule has 31 heavy (non-hydrogen) atoms. The summed E-state index contributed by atoms with van der Waals surface area (Å²) in [4.78, 5) is 6.20. The molecule has 1 aliphatic heterocycles. The lowest BCUT2D eigenvalue weighted by atomic mass is 9.97. The summed E-state index contributed by atoms with van der Waals surface area (Å²) in [5.41, 5.74) is 2.58. The Hall–Kier alpha value is -2.87. The molecule has 1 fully saturated rings. The fraction of sp³-hybridized carbons (Fsp3) is 0.391. The molecule has 3 aromatic rings. The molecule has 5 nitrogen and oxygen atoms in total. The molecule has 164 valence electrons. The van der Waals surface area contributed by atoms with E-state index < -0.39 is 18.1 Å². The number of alkyl halides is 2. The molecule has 1 saturated heterocycles. The third-order valence-corrected chi connectivity index (χ3v) is 5.51. The molecule has 0 radical (unpaired) electrons. The predicted molar refractivity (Wildman–Crippen MR) is 111 cm³/mol. The van der Waals surface area contributed by atoms with Gasteiger partial charge in [-0.05, 0) is 56.5 Å². The number of para-hydroxylation sites is 1. The Morgan fingerprint density at radius 2 is 1.87 bits per heavy atom. The highest BCUT2D eigenvalue weighted by Gasteiger charge is 2.24. The molecule has 0 unspecified atom stereocenters. The maximum absolute atomic E-state index is 14.2. The number of aryl methyl sites for hydroxylation is 1. The van der Waals surface area contributed by atoms with Crippen molar-refractivity contribution in [2.24, 2.45) is 5.92 Å². The lowest BCUT2D eigenvalue weighted by Crippen LogP contribution is -2.35. The standard InChI is InChI=1S/C23H25F3N4O/c1-16-5-4-6-18(13-16)14-29-11-9-17(10-12-29)15-31-23-27-22(21(25)26)28-30(23)20-8-3-2-7-19(20)24/h2-8,13,17,21H,9-12,14-15H2,1H3. The van der Waals surface area contributed by atoms with Crippen LogP contribution in [-0.4, -0.2) is 39.4 Å². The van der Waals surface area contributed by atoms with Crippen LogP contribution in [0.3, 0.4) is 0 Å². The number of hydrogen-bond acceptors (Lipinski definition) is 4. The fourth-order valence-electron chi connectivity index (χ4n) is 3.85. The van der Waals surface area contributed by atoms with Gasteiger partial charge in [0.2, 0.25) is 5.82 Å². The normalized spacial score (nSPS) is 15.5. The number of hydrogen-bond donors (Lipinski definition) is 0. The zero-order valence-electron chi connectivity index (χ0n) is 17.3. The average molecular weight is 430 g/mol. The Bertz CT molecular complexity index is 1020. The van der Waals surface area contributed by atoms with Gasteiger partial charge in [0.15, 0.2) is 0 Å². The Balaban J connectivity index is 1.37. The molecule has 2 aromatic carbocycles. The molecule has 0 saturated carbocycles. The maximum Gasteiger partial charge on any atom is 0.320 e. The third kappa shape index (κ3) is 5.25. The van der Waals surface area contributed by atoms with Crippen molar-refractivity contribution >= 4 is 0 Å². The van der Waals surface area contributed by atoms with Crippen LogP contribution >= 0.6 is 0 Å². The zero-order valence-corrected chi connectivity index (χ0v) is 17.3. The fourth-order valence-corrected chi connectivity index (χ4v) is 3.85. The summed E-state index contributed by atoms with van der Waals surface area (Å²) in [6.07, 6.45) is -0.997. The summed E-state index contributed by atoms with van der Waals surface area (Å²) in [6, 6.07) is 14.2. The van der Waals surface area contributed by atoms with Gasteiger partial charge in [0.05, 0.1) is 6.61 Å². The van der Waals surface area contributed by atoms with Crippen LogP contribution in [0.5, 0.6) is 6.01 Å². The summed E-state index contributed by atoms with van der Waals surface area (Å²) in [6.45, 7) is 5.20. The second-order valence-corrected chi connectivity index (χ2v) is 7.94. The first kappa shape index (κ1) is 21.4. The summed E-state index contributed by atoms with van der Waals surface area (Å²) in [5, 5.41) is 3.75. The molecular weight excluding hydrogens is 405 g/mol. The van der Waals surface area contributed by atoms with E-state index in [2.05, 4.69) is 46.2 Å². The van der Waals surface area contributed by atoms with Gasteiger partial charge in [-0.15, -0.1) is 5.10 Å². The molecule has 0 aliphatic carbocycles. The van der Waals surface area contributed by atoms with Crippen LogP contribution in [0.2, 0.25) is 0 Å². The minimum absolute atomic E-state index is 0.0323. The average Bonchev–Trinajstić information content (AvgIpc) is 3.18. The lowest BCUT2D eigenvalue weighted by molar-refractivity contribution is 0.129. The van der Waals surface area contributed by atoms with Crippen molar-refractivity contribution in [2.45, 2.75) is 32.7 Å². The molecule has 0 atom stereocenters. The van der Waals surface area contributed by atoms with Gasteiger partial charge in [-0.25, -0.2) is 13.2 Å². The van der Waals surface area contributed by atoms with Crippen molar-refractivity contribution in [3.63, 3.8) is 0 Å². The monoisotopic (exact) mass is 430 g/mol. The Kier molecular flexibility index (Phi) is 6.56. The van der Waals surface area contributed by atoms with E-state index in [1.54, 1.807) is 6.07 Å². The number of likely N-dealkylation sites (tertiary alicyclic amines) is 1. The van der Waals surface area contributed by atoms with E-state index in [-0.39, 0.29) is 17.6 Å². The number of rotatable bonds is 7. The van der Waals surface area contributed by atoms with Gasteiger partial charge >= 0.3 is 6.01 Å². The van der Waals surface area contributed by atoms with E-state index in [0.717, 1.165) is 37.2 Å². The summed E-state index contributed by atoms with van der Waals surface area (Å²) >= 11 is 0. The highest BCUT2D eigenvalue weighted by molar-refractivity contribution is 5.34. The Morgan fingerprint density at radius 1 is 1.10 bits per heavy atom. The van der Waals surface area contributed by atoms with E-state index in [1.807, 2.05) is 0 Å². The second kappa shape index (κ2) is 9.51. The van der Waals surface area contributed by atoms with Crippen LogP contribution in [0.25, 0.3) is 5.69 Å². The highest BCUT2D eigenvalue weighted by Crippen LogP contribution is 2.25. The largest absolute Gasteiger partial charge is 0.463 e. The van der Waals surface area contributed by atoms with E-state index in [0.29, 0.717) is 6.61 Å². The Labute approximate surface area is 179 Å². The molecule has 0 bridgehead atoms. The van der Waals surface area contributed by atoms with E-state index in [1.165, 1.54) is 29.3 Å². The van der Waals surface area contributed by atoms with E-state index in [9.17, 15) is 13.2 Å². The van der Waals surface area contributed by atoms with Crippen molar-refractivity contribution in [1.82, 2.24) is 19.7 Å². The number of aromatic nitrogens is 3. The van der Waals surface area contributed by atoms with Crippen LogP contribution in [0, 0.1) is 18.7 Å². The van der Waals surface area contributed by atoms with E-state index in [4.69, 9.17) is 4.74 Å². The molecule has 8 heteroatoms. The predicted octanol–water partition coefficient (Wildman–Crippen LogP) is 4.94. The first-order chi connectivity index (χ1) is 15.0. The maximum atomic E-state index is 14.2. The van der Waals surface area contributed by atoms with Crippen LogP contribution < -0.4 is 4.74 Å². The highest BCUT2D eigenvalue weighted by atomic mass is 19.3. The number of benzene rings is 2. The summed E-state index contributed by atoms with van der Waals surface area (Å²) in [7, 11) is 0. The number of ether oxygens (including phenoxy) is 1. The van der Waals surface area contributed by atoms with Crippen LogP contribution in [-0.2, 0) is 6.54 Å². The van der Waals surface area contributed by atoms with Gasteiger partial charge in [-0.2, -0.15) is 9.67 Å². The smallest absolute Gasteiger partial charge is 0.320 e.